The van der Waals surface area contributed by atoms with Crippen LogP contribution in [0.4, 0.5) is 5.69 Å². The molecule has 3 rings (SSSR count). The summed E-state index contributed by atoms with van der Waals surface area (Å²) in [5, 5.41) is 18.5. The van der Waals surface area contributed by atoms with Crippen LogP contribution in [0.1, 0.15) is 24.6 Å². The summed E-state index contributed by atoms with van der Waals surface area (Å²) in [6.07, 6.45) is 1.75. The van der Waals surface area contributed by atoms with Gasteiger partial charge >= 0.3 is 0 Å². The third kappa shape index (κ3) is 5.90. The van der Waals surface area contributed by atoms with Crippen molar-refractivity contribution in [3.05, 3.63) is 63.8 Å². The number of hydrogen-bond donors (Lipinski definition) is 3. The van der Waals surface area contributed by atoms with Crippen LogP contribution in [0.5, 0.6) is 11.5 Å². The van der Waals surface area contributed by atoms with Gasteiger partial charge in [-0.2, -0.15) is 0 Å². The van der Waals surface area contributed by atoms with Crippen molar-refractivity contribution in [3.8, 4) is 11.5 Å². The SMILES string of the molecule is CCNC(=NCc1cccc([N+](=O)[O-])c1)NCCCc1cc2c(OC)cc(OC)cc2[nH]1. The van der Waals surface area contributed by atoms with Crippen molar-refractivity contribution in [1.82, 2.24) is 15.6 Å². The second-order valence-corrected chi connectivity index (χ2v) is 7.24. The molecule has 0 fully saturated rings. The van der Waals surface area contributed by atoms with Crippen molar-refractivity contribution in [2.24, 2.45) is 4.99 Å². The van der Waals surface area contributed by atoms with Crippen molar-refractivity contribution >= 4 is 22.5 Å². The lowest BCUT2D eigenvalue weighted by Crippen LogP contribution is -2.37. The smallest absolute Gasteiger partial charge is 0.269 e. The Bertz CT molecular complexity index is 1090. The minimum Gasteiger partial charge on any atom is -0.497 e. The number of aliphatic imine (C=N–C) groups is 1. The van der Waals surface area contributed by atoms with Crippen molar-refractivity contribution < 1.29 is 14.4 Å². The fourth-order valence-electron chi connectivity index (χ4n) is 3.42. The maximum absolute atomic E-state index is 10.9. The highest BCUT2D eigenvalue weighted by Crippen LogP contribution is 2.31. The Hall–Kier alpha value is -3.75. The van der Waals surface area contributed by atoms with Gasteiger partial charge in [-0.1, -0.05) is 12.1 Å². The minimum absolute atomic E-state index is 0.0724. The van der Waals surface area contributed by atoms with E-state index in [2.05, 4.69) is 26.7 Å². The van der Waals surface area contributed by atoms with E-state index in [9.17, 15) is 10.1 Å². The zero-order valence-electron chi connectivity index (χ0n) is 18.6. The van der Waals surface area contributed by atoms with Gasteiger partial charge < -0.3 is 25.1 Å². The van der Waals surface area contributed by atoms with Crippen molar-refractivity contribution in [3.63, 3.8) is 0 Å². The van der Waals surface area contributed by atoms with E-state index in [1.54, 1.807) is 26.4 Å². The molecule has 1 heterocycles. The molecule has 0 saturated heterocycles. The molecule has 0 aliphatic rings. The van der Waals surface area contributed by atoms with Gasteiger partial charge in [0.2, 0.25) is 0 Å². The number of nitrogens with one attached hydrogen (secondary N) is 3. The number of guanidine groups is 1. The summed E-state index contributed by atoms with van der Waals surface area (Å²) in [5.74, 6) is 2.21. The molecule has 0 saturated carbocycles. The number of rotatable bonds is 10. The normalized spacial score (nSPS) is 11.4. The fraction of sp³-hybridized carbons (Fsp3) is 0.348. The number of fused-ring (bicyclic) bond motifs is 1. The third-order valence-corrected chi connectivity index (χ3v) is 4.99. The van der Waals surface area contributed by atoms with Crippen molar-refractivity contribution in [2.75, 3.05) is 27.3 Å². The number of nitrogens with zero attached hydrogens (tertiary/aromatic N) is 2. The van der Waals surface area contributed by atoms with Crippen LogP contribution in [-0.2, 0) is 13.0 Å². The van der Waals surface area contributed by atoms with E-state index in [0.717, 1.165) is 59.6 Å². The van der Waals surface area contributed by atoms with Gasteiger partial charge in [0.1, 0.15) is 11.5 Å². The number of H-pyrrole nitrogens is 1. The lowest BCUT2D eigenvalue weighted by Gasteiger charge is -2.11. The molecule has 32 heavy (non-hydrogen) atoms. The number of aryl methyl sites for hydroxylation is 1. The van der Waals surface area contributed by atoms with Gasteiger partial charge in [0.15, 0.2) is 5.96 Å². The summed E-state index contributed by atoms with van der Waals surface area (Å²) in [6, 6.07) is 12.5. The number of ether oxygens (including phenoxy) is 2. The monoisotopic (exact) mass is 439 g/mol. The van der Waals surface area contributed by atoms with Gasteiger partial charge in [-0.25, -0.2) is 4.99 Å². The molecule has 0 spiro atoms. The van der Waals surface area contributed by atoms with E-state index < -0.39 is 4.92 Å². The topological polar surface area (TPSA) is 114 Å². The number of methoxy groups -OCH3 is 2. The van der Waals surface area contributed by atoms with Crippen molar-refractivity contribution in [2.45, 2.75) is 26.3 Å². The number of hydrogen-bond acceptors (Lipinski definition) is 5. The highest BCUT2D eigenvalue weighted by Gasteiger charge is 2.09. The van der Waals surface area contributed by atoms with Crippen LogP contribution < -0.4 is 20.1 Å². The van der Waals surface area contributed by atoms with E-state index in [-0.39, 0.29) is 5.69 Å². The second kappa shape index (κ2) is 11.0. The molecule has 9 heteroatoms. The summed E-state index contributed by atoms with van der Waals surface area (Å²) < 4.78 is 10.8. The molecule has 0 atom stereocenters. The molecule has 1 aromatic heterocycles. The Labute approximate surface area is 187 Å². The average Bonchev–Trinajstić information content (AvgIpc) is 3.22. The quantitative estimate of drug-likeness (QED) is 0.146. The zero-order valence-corrected chi connectivity index (χ0v) is 18.6. The molecule has 170 valence electrons. The molecule has 0 radical (unpaired) electrons. The molecule has 0 aliphatic heterocycles. The molecular weight excluding hydrogens is 410 g/mol. The van der Waals surface area contributed by atoms with Crippen LogP contribution in [0, 0.1) is 10.1 Å². The molecule has 2 aromatic carbocycles. The van der Waals surface area contributed by atoms with Crippen LogP contribution >= 0.6 is 0 Å². The average molecular weight is 440 g/mol. The number of nitro groups is 1. The van der Waals surface area contributed by atoms with Crippen LogP contribution in [0.25, 0.3) is 10.9 Å². The minimum atomic E-state index is -0.396. The molecule has 0 unspecified atom stereocenters. The van der Waals surface area contributed by atoms with E-state index in [0.29, 0.717) is 12.5 Å². The van der Waals surface area contributed by atoms with Crippen LogP contribution in [-0.4, -0.2) is 43.2 Å². The predicted octanol–water partition coefficient (Wildman–Crippen LogP) is 3.78. The van der Waals surface area contributed by atoms with Crippen LogP contribution in [0.2, 0.25) is 0 Å². The van der Waals surface area contributed by atoms with Gasteiger partial charge in [0.25, 0.3) is 5.69 Å². The van der Waals surface area contributed by atoms with Gasteiger partial charge in [0, 0.05) is 48.4 Å². The van der Waals surface area contributed by atoms with E-state index >= 15 is 0 Å². The fourth-order valence-corrected chi connectivity index (χ4v) is 3.42. The zero-order chi connectivity index (χ0) is 22.9. The number of aromatic nitrogens is 1. The predicted molar refractivity (Wildman–Crippen MR) is 126 cm³/mol. The lowest BCUT2D eigenvalue weighted by atomic mass is 10.2. The Balaban J connectivity index is 1.57. The summed E-state index contributed by atoms with van der Waals surface area (Å²) >= 11 is 0. The number of aromatic amines is 1. The Morgan fingerprint density at radius 1 is 1.16 bits per heavy atom. The summed E-state index contributed by atoms with van der Waals surface area (Å²) in [4.78, 5) is 18.5. The first kappa shape index (κ1) is 22.9. The molecule has 3 aromatic rings. The van der Waals surface area contributed by atoms with Crippen LogP contribution in [0.3, 0.4) is 0 Å². The maximum Gasteiger partial charge on any atom is 0.269 e. The number of benzene rings is 2. The Kier molecular flexibility index (Phi) is 7.91. The molecule has 3 N–H and O–H groups in total. The van der Waals surface area contributed by atoms with Crippen LogP contribution in [0.15, 0.2) is 47.5 Å². The Morgan fingerprint density at radius 2 is 2.00 bits per heavy atom. The molecule has 0 bridgehead atoms. The number of nitro benzene ring substituents is 1. The largest absolute Gasteiger partial charge is 0.497 e. The van der Waals surface area contributed by atoms with Crippen molar-refractivity contribution in [1.29, 1.82) is 0 Å². The lowest BCUT2D eigenvalue weighted by molar-refractivity contribution is -0.384. The first-order chi connectivity index (χ1) is 15.5. The highest BCUT2D eigenvalue weighted by atomic mass is 16.6. The standard InChI is InChI=1S/C23H29N5O4/c1-4-24-23(26-15-16-7-5-9-18(11-16)28(29)30)25-10-6-8-17-12-20-21(27-17)13-19(31-2)14-22(20)32-3/h5,7,9,11-14,27H,4,6,8,10,15H2,1-3H3,(H2,24,25,26). The maximum atomic E-state index is 10.9. The van der Waals surface area contributed by atoms with Gasteiger partial charge in [-0.3, -0.25) is 10.1 Å². The summed E-state index contributed by atoms with van der Waals surface area (Å²) in [7, 11) is 3.29. The van der Waals surface area contributed by atoms with E-state index in [1.807, 2.05) is 25.1 Å². The second-order valence-electron chi connectivity index (χ2n) is 7.24. The number of non-ortho nitro benzene ring substituents is 1. The van der Waals surface area contributed by atoms with Gasteiger partial charge in [-0.15, -0.1) is 0 Å². The molecule has 0 aliphatic carbocycles. The Morgan fingerprint density at radius 3 is 2.72 bits per heavy atom. The highest BCUT2D eigenvalue weighted by molar-refractivity contribution is 5.88. The third-order valence-electron chi connectivity index (χ3n) is 4.99. The molecule has 9 nitrogen and oxygen atoms in total. The van der Waals surface area contributed by atoms with E-state index in [4.69, 9.17) is 9.47 Å². The van der Waals surface area contributed by atoms with E-state index in [1.165, 1.54) is 6.07 Å². The molecular formula is C23H29N5O4. The van der Waals surface area contributed by atoms with Gasteiger partial charge in [-0.05, 0) is 31.4 Å². The van der Waals surface area contributed by atoms with Gasteiger partial charge in [0.05, 0.1) is 31.2 Å². The summed E-state index contributed by atoms with van der Waals surface area (Å²) in [6.45, 7) is 3.82. The first-order valence-corrected chi connectivity index (χ1v) is 10.5. The molecule has 0 amide bonds. The summed E-state index contributed by atoms with van der Waals surface area (Å²) in [5.41, 5.74) is 2.96. The first-order valence-electron chi connectivity index (χ1n) is 10.5.